The fraction of sp³-hybridized carbons (Fsp3) is 0.240. The van der Waals surface area contributed by atoms with E-state index in [1.54, 1.807) is 30.3 Å². The number of carbonyl (C=O) groups is 1. The lowest BCUT2D eigenvalue weighted by atomic mass is 10.0. The van der Waals surface area contributed by atoms with E-state index in [0.717, 1.165) is 9.87 Å². The van der Waals surface area contributed by atoms with E-state index < -0.39 is 15.9 Å². The van der Waals surface area contributed by atoms with Crippen LogP contribution in [0.2, 0.25) is 0 Å². The van der Waals surface area contributed by atoms with Crippen LogP contribution in [0.15, 0.2) is 83.8 Å². The first-order valence-electron chi connectivity index (χ1n) is 10.5. The number of rotatable bonds is 10. The highest BCUT2D eigenvalue weighted by Crippen LogP contribution is 2.32. The lowest BCUT2D eigenvalue weighted by Gasteiger charge is -2.26. The van der Waals surface area contributed by atoms with Crippen molar-refractivity contribution in [3.05, 3.63) is 84.4 Å². The molecule has 0 spiro atoms. The standard InChI is InChI=1S/C25H28N2O5S/c1-4-22(19-11-7-5-8-12-19)26-25(28)18-27(20-13-9-6-10-14-20)33(29,30)21-15-16-23(31-2)24(17-21)32-3/h5-17,22H,4,18H2,1-3H3,(H,26,28)/t22-/m1/s1. The molecule has 3 aromatic rings. The highest BCUT2D eigenvalue weighted by atomic mass is 32.2. The molecule has 3 aromatic carbocycles. The number of carbonyl (C=O) groups excluding carboxylic acids is 1. The van der Waals surface area contributed by atoms with E-state index in [9.17, 15) is 13.2 Å². The summed E-state index contributed by atoms with van der Waals surface area (Å²) in [5, 5.41) is 2.96. The molecule has 8 heteroatoms. The molecule has 0 aliphatic heterocycles. The molecule has 0 saturated carbocycles. The van der Waals surface area contributed by atoms with Crippen molar-refractivity contribution >= 4 is 21.6 Å². The SMILES string of the molecule is CC[C@@H](NC(=O)CN(c1ccccc1)S(=O)(=O)c1ccc(OC)c(OC)c1)c1ccccc1. The summed E-state index contributed by atoms with van der Waals surface area (Å²) in [6, 6.07) is 22.3. The summed E-state index contributed by atoms with van der Waals surface area (Å²) in [5.41, 5.74) is 1.34. The molecule has 0 fully saturated rings. The van der Waals surface area contributed by atoms with Crippen molar-refractivity contribution in [2.24, 2.45) is 0 Å². The van der Waals surface area contributed by atoms with Crippen LogP contribution >= 0.6 is 0 Å². The second-order valence-corrected chi connectivity index (χ2v) is 9.17. The number of amides is 1. The zero-order valence-corrected chi connectivity index (χ0v) is 19.7. The number of ether oxygens (including phenoxy) is 2. The predicted molar refractivity (Wildman–Crippen MR) is 128 cm³/mol. The molecular weight excluding hydrogens is 440 g/mol. The summed E-state index contributed by atoms with van der Waals surface area (Å²) in [7, 11) is -1.17. The molecule has 0 radical (unpaired) electrons. The van der Waals surface area contributed by atoms with Crippen molar-refractivity contribution in [1.29, 1.82) is 0 Å². The van der Waals surface area contributed by atoms with E-state index in [1.165, 1.54) is 32.4 Å². The Kier molecular flexibility index (Phi) is 7.95. The second kappa shape index (κ2) is 10.9. The average molecular weight is 469 g/mol. The molecule has 1 N–H and O–H groups in total. The molecule has 0 aliphatic carbocycles. The number of methoxy groups -OCH3 is 2. The van der Waals surface area contributed by atoms with Crippen molar-refractivity contribution in [3.8, 4) is 11.5 Å². The maximum Gasteiger partial charge on any atom is 0.264 e. The van der Waals surface area contributed by atoms with E-state index in [1.807, 2.05) is 37.3 Å². The first-order chi connectivity index (χ1) is 15.9. The fourth-order valence-corrected chi connectivity index (χ4v) is 4.93. The van der Waals surface area contributed by atoms with Crippen LogP contribution in [0.5, 0.6) is 11.5 Å². The predicted octanol–water partition coefficient (Wildman–Crippen LogP) is 4.17. The quantitative estimate of drug-likeness (QED) is 0.483. The summed E-state index contributed by atoms with van der Waals surface area (Å²) < 4.78 is 38.8. The highest BCUT2D eigenvalue weighted by Gasteiger charge is 2.29. The first kappa shape index (κ1) is 24.1. The van der Waals surface area contributed by atoms with Gasteiger partial charge in [0.25, 0.3) is 10.0 Å². The number of sulfonamides is 1. The molecule has 7 nitrogen and oxygen atoms in total. The van der Waals surface area contributed by atoms with E-state index in [4.69, 9.17) is 9.47 Å². The van der Waals surface area contributed by atoms with Crippen LogP contribution in [-0.4, -0.2) is 35.1 Å². The Bertz CT molecular complexity index is 1170. The van der Waals surface area contributed by atoms with Crippen LogP contribution in [0.3, 0.4) is 0 Å². The zero-order chi connectivity index (χ0) is 23.8. The first-order valence-corrected chi connectivity index (χ1v) is 12.0. The van der Waals surface area contributed by atoms with E-state index in [-0.39, 0.29) is 23.2 Å². The summed E-state index contributed by atoms with van der Waals surface area (Å²) >= 11 is 0. The van der Waals surface area contributed by atoms with Gasteiger partial charge in [-0.05, 0) is 36.2 Å². The average Bonchev–Trinajstić information content (AvgIpc) is 2.86. The Morgan fingerprint density at radius 2 is 1.52 bits per heavy atom. The number of nitrogens with one attached hydrogen (secondary N) is 1. The van der Waals surface area contributed by atoms with Gasteiger partial charge in [-0.1, -0.05) is 55.5 Å². The number of nitrogens with zero attached hydrogens (tertiary/aromatic N) is 1. The number of hydrogen-bond acceptors (Lipinski definition) is 5. The van der Waals surface area contributed by atoms with Gasteiger partial charge in [-0.2, -0.15) is 0 Å². The minimum atomic E-state index is -4.08. The summed E-state index contributed by atoms with van der Waals surface area (Å²) in [6.07, 6.45) is 0.670. The number of para-hydroxylation sites is 1. The van der Waals surface area contributed by atoms with Crippen LogP contribution in [0.25, 0.3) is 0 Å². The largest absolute Gasteiger partial charge is 0.493 e. The van der Waals surface area contributed by atoms with Crippen molar-refractivity contribution in [1.82, 2.24) is 5.32 Å². The van der Waals surface area contributed by atoms with Gasteiger partial charge < -0.3 is 14.8 Å². The molecule has 3 rings (SSSR count). The third kappa shape index (κ3) is 5.64. The van der Waals surface area contributed by atoms with Crippen LogP contribution in [0.4, 0.5) is 5.69 Å². The second-order valence-electron chi connectivity index (χ2n) is 7.30. The van der Waals surface area contributed by atoms with Crippen molar-refractivity contribution in [3.63, 3.8) is 0 Å². The Morgan fingerprint density at radius 1 is 0.909 bits per heavy atom. The summed E-state index contributed by atoms with van der Waals surface area (Å²) in [4.78, 5) is 13.0. The van der Waals surface area contributed by atoms with Gasteiger partial charge in [0.2, 0.25) is 5.91 Å². The fourth-order valence-electron chi connectivity index (χ4n) is 3.49. The van der Waals surface area contributed by atoms with Crippen LogP contribution in [0.1, 0.15) is 24.9 Å². The van der Waals surface area contributed by atoms with Gasteiger partial charge in [0, 0.05) is 6.07 Å². The van der Waals surface area contributed by atoms with Crippen molar-refractivity contribution in [2.75, 3.05) is 25.1 Å². The van der Waals surface area contributed by atoms with Gasteiger partial charge in [0.1, 0.15) is 6.54 Å². The van der Waals surface area contributed by atoms with Crippen LogP contribution < -0.4 is 19.1 Å². The van der Waals surface area contributed by atoms with Crippen molar-refractivity contribution < 1.29 is 22.7 Å². The normalized spacial score (nSPS) is 12.0. The minimum Gasteiger partial charge on any atom is -0.493 e. The van der Waals surface area contributed by atoms with E-state index in [0.29, 0.717) is 17.9 Å². The van der Waals surface area contributed by atoms with E-state index >= 15 is 0 Å². The third-order valence-electron chi connectivity index (χ3n) is 5.22. The maximum atomic E-state index is 13.6. The molecule has 0 saturated heterocycles. The van der Waals surface area contributed by atoms with Gasteiger partial charge in [0.15, 0.2) is 11.5 Å². The lowest BCUT2D eigenvalue weighted by molar-refractivity contribution is -0.120. The molecule has 0 heterocycles. The Balaban J connectivity index is 1.93. The van der Waals surface area contributed by atoms with Crippen molar-refractivity contribution in [2.45, 2.75) is 24.3 Å². The van der Waals surface area contributed by atoms with Gasteiger partial charge in [0.05, 0.1) is 30.8 Å². The summed E-state index contributed by atoms with van der Waals surface area (Å²) in [6.45, 7) is 1.59. The molecular formula is C25H28N2O5S. The molecule has 174 valence electrons. The number of hydrogen-bond donors (Lipinski definition) is 1. The van der Waals surface area contributed by atoms with Crippen LogP contribution in [0, 0.1) is 0 Å². The zero-order valence-electron chi connectivity index (χ0n) is 18.9. The molecule has 33 heavy (non-hydrogen) atoms. The molecule has 0 aliphatic rings. The van der Waals surface area contributed by atoms with Gasteiger partial charge in [-0.3, -0.25) is 9.10 Å². The Morgan fingerprint density at radius 3 is 2.09 bits per heavy atom. The van der Waals surface area contributed by atoms with Gasteiger partial charge in [-0.15, -0.1) is 0 Å². The topological polar surface area (TPSA) is 84.9 Å². The monoisotopic (exact) mass is 468 g/mol. The molecule has 0 unspecified atom stereocenters. The third-order valence-corrected chi connectivity index (χ3v) is 6.99. The molecule has 0 aromatic heterocycles. The smallest absolute Gasteiger partial charge is 0.264 e. The molecule has 1 atom stereocenters. The highest BCUT2D eigenvalue weighted by molar-refractivity contribution is 7.92. The lowest BCUT2D eigenvalue weighted by Crippen LogP contribution is -2.42. The Labute approximate surface area is 195 Å². The van der Waals surface area contributed by atoms with E-state index in [2.05, 4.69) is 5.32 Å². The molecule has 0 bridgehead atoms. The number of anilines is 1. The van der Waals surface area contributed by atoms with Gasteiger partial charge >= 0.3 is 0 Å². The molecule has 1 amide bonds. The van der Waals surface area contributed by atoms with Gasteiger partial charge in [-0.25, -0.2) is 8.42 Å². The Hall–Kier alpha value is -3.52. The maximum absolute atomic E-state index is 13.6. The number of benzene rings is 3. The van der Waals surface area contributed by atoms with Crippen LogP contribution in [-0.2, 0) is 14.8 Å². The summed E-state index contributed by atoms with van der Waals surface area (Å²) in [5.74, 6) is 0.291. The minimum absolute atomic E-state index is 0.00750.